The van der Waals surface area contributed by atoms with Gasteiger partial charge in [0, 0.05) is 23.1 Å². The number of aromatic nitrogens is 3. The van der Waals surface area contributed by atoms with Crippen LogP contribution in [0.25, 0.3) is 11.3 Å². The zero-order chi connectivity index (χ0) is 17.8. The summed E-state index contributed by atoms with van der Waals surface area (Å²) in [5.74, 6) is -0.457. The predicted octanol–water partition coefficient (Wildman–Crippen LogP) is 2.64. The number of amides is 1. The molecule has 7 heteroatoms. The summed E-state index contributed by atoms with van der Waals surface area (Å²) in [6, 6.07) is 12.0. The van der Waals surface area contributed by atoms with Gasteiger partial charge in [-0.1, -0.05) is 19.1 Å². The van der Waals surface area contributed by atoms with Crippen LogP contribution in [0.3, 0.4) is 0 Å². The molecule has 25 heavy (non-hydrogen) atoms. The monoisotopic (exact) mass is 335 g/mol. The molecule has 2 heterocycles. The SMILES string of the molecule is CCc1cc(-c2cccc(NC(=O)c3ncccc3O)c2)nc(N)n1. The highest BCUT2D eigenvalue weighted by atomic mass is 16.3. The number of hydrogen-bond donors (Lipinski definition) is 3. The van der Waals surface area contributed by atoms with Crippen LogP contribution in [0.2, 0.25) is 0 Å². The molecule has 1 aromatic carbocycles. The molecule has 126 valence electrons. The third-order valence-electron chi connectivity index (χ3n) is 3.58. The molecule has 3 aromatic rings. The summed E-state index contributed by atoms with van der Waals surface area (Å²) in [6.07, 6.45) is 2.19. The molecule has 0 saturated carbocycles. The molecule has 0 spiro atoms. The van der Waals surface area contributed by atoms with Gasteiger partial charge in [0.25, 0.3) is 5.91 Å². The fourth-order valence-electron chi connectivity index (χ4n) is 2.37. The topological polar surface area (TPSA) is 114 Å². The molecule has 0 fully saturated rings. The van der Waals surface area contributed by atoms with E-state index in [4.69, 9.17) is 5.73 Å². The lowest BCUT2D eigenvalue weighted by Gasteiger charge is -2.09. The van der Waals surface area contributed by atoms with Gasteiger partial charge in [-0.2, -0.15) is 0 Å². The number of hydrogen-bond acceptors (Lipinski definition) is 6. The lowest BCUT2D eigenvalue weighted by molar-refractivity contribution is 0.101. The number of aryl methyl sites for hydroxylation is 1. The van der Waals surface area contributed by atoms with Gasteiger partial charge in [0.1, 0.15) is 5.75 Å². The van der Waals surface area contributed by atoms with Gasteiger partial charge in [-0.25, -0.2) is 15.0 Å². The molecule has 0 radical (unpaired) electrons. The van der Waals surface area contributed by atoms with Crippen LogP contribution in [0.15, 0.2) is 48.7 Å². The molecule has 0 saturated heterocycles. The molecule has 2 aromatic heterocycles. The number of anilines is 2. The van der Waals surface area contributed by atoms with Crippen molar-refractivity contribution < 1.29 is 9.90 Å². The highest BCUT2D eigenvalue weighted by Gasteiger charge is 2.13. The highest BCUT2D eigenvalue weighted by Crippen LogP contribution is 2.23. The average Bonchev–Trinajstić information content (AvgIpc) is 2.61. The van der Waals surface area contributed by atoms with Crippen molar-refractivity contribution >= 4 is 17.5 Å². The molecule has 0 bridgehead atoms. The first kappa shape index (κ1) is 16.4. The third kappa shape index (κ3) is 3.72. The Morgan fingerprint density at radius 3 is 2.80 bits per heavy atom. The summed E-state index contributed by atoms with van der Waals surface area (Å²) in [6.45, 7) is 1.99. The summed E-state index contributed by atoms with van der Waals surface area (Å²) < 4.78 is 0. The van der Waals surface area contributed by atoms with Crippen molar-refractivity contribution in [3.63, 3.8) is 0 Å². The molecular weight excluding hydrogens is 318 g/mol. The van der Waals surface area contributed by atoms with Crippen LogP contribution < -0.4 is 11.1 Å². The molecule has 4 N–H and O–H groups in total. The minimum Gasteiger partial charge on any atom is -0.505 e. The number of nitrogens with zero attached hydrogens (tertiary/aromatic N) is 3. The lowest BCUT2D eigenvalue weighted by Crippen LogP contribution is -2.13. The summed E-state index contributed by atoms with van der Waals surface area (Å²) in [5.41, 5.74) is 8.60. The quantitative estimate of drug-likeness (QED) is 0.675. The van der Waals surface area contributed by atoms with E-state index in [9.17, 15) is 9.90 Å². The van der Waals surface area contributed by atoms with Crippen molar-refractivity contribution in [2.45, 2.75) is 13.3 Å². The fourth-order valence-corrected chi connectivity index (χ4v) is 2.37. The van der Waals surface area contributed by atoms with E-state index in [2.05, 4.69) is 20.3 Å². The van der Waals surface area contributed by atoms with Crippen molar-refractivity contribution in [1.82, 2.24) is 15.0 Å². The van der Waals surface area contributed by atoms with Crippen LogP contribution >= 0.6 is 0 Å². The number of carbonyl (C=O) groups is 1. The van der Waals surface area contributed by atoms with Gasteiger partial charge >= 0.3 is 0 Å². The number of nitrogens with two attached hydrogens (primary N) is 1. The van der Waals surface area contributed by atoms with Crippen LogP contribution in [0.1, 0.15) is 23.1 Å². The zero-order valence-electron chi connectivity index (χ0n) is 13.6. The van der Waals surface area contributed by atoms with Crippen molar-refractivity contribution in [2.75, 3.05) is 11.1 Å². The second kappa shape index (κ2) is 6.96. The van der Waals surface area contributed by atoms with E-state index in [0.29, 0.717) is 11.4 Å². The summed E-state index contributed by atoms with van der Waals surface area (Å²) in [4.78, 5) is 24.6. The van der Waals surface area contributed by atoms with Crippen molar-refractivity contribution in [1.29, 1.82) is 0 Å². The lowest BCUT2D eigenvalue weighted by atomic mass is 10.1. The first-order chi connectivity index (χ1) is 12.1. The Morgan fingerprint density at radius 1 is 1.20 bits per heavy atom. The Labute approximate surface area is 144 Å². The standard InChI is InChI=1S/C18H17N5O2/c1-2-12-10-14(23-18(19)22-12)11-5-3-6-13(9-11)21-17(25)16-15(24)7-4-8-20-16/h3-10,24H,2H2,1H3,(H,21,25)(H2,19,22,23). The number of pyridine rings is 1. The maximum atomic E-state index is 12.3. The van der Waals surface area contributed by atoms with Gasteiger partial charge in [0.05, 0.1) is 5.69 Å². The van der Waals surface area contributed by atoms with E-state index >= 15 is 0 Å². The van der Waals surface area contributed by atoms with Gasteiger partial charge in [0.2, 0.25) is 5.95 Å². The number of benzene rings is 1. The molecule has 1 amide bonds. The van der Waals surface area contributed by atoms with Gasteiger partial charge in [-0.05, 0) is 36.8 Å². The third-order valence-corrected chi connectivity index (χ3v) is 3.58. The molecule has 7 nitrogen and oxygen atoms in total. The Morgan fingerprint density at radius 2 is 2.04 bits per heavy atom. The maximum absolute atomic E-state index is 12.3. The first-order valence-electron chi connectivity index (χ1n) is 7.76. The Balaban J connectivity index is 1.88. The second-order valence-electron chi connectivity index (χ2n) is 5.36. The Bertz CT molecular complexity index is 927. The van der Waals surface area contributed by atoms with Crippen LogP contribution in [-0.4, -0.2) is 26.0 Å². The van der Waals surface area contributed by atoms with E-state index in [1.807, 2.05) is 19.1 Å². The molecule has 0 unspecified atom stereocenters. The van der Waals surface area contributed by atoms with E-state index in [-0.39, 0.29) is 17.4 Å². The zero-order valence-corrected chi connectivity index (χ0v) is 13.6. The van der Waals surface area contributed by atoms with E-state index in [1.54, 1.807) is 24.3 Å². The normalized spacial score (nSPS) is 10.4. The summed E-state index contributed by atoms with van der Waals surface area (Å²) >= 11 is 0. The van der Waals surface area contributed by atoms with Crippen molar-refractivity contribution in [3.05, 3.63) is 60.0 Å². The molecule has 0 atom stereocenters. The molecule has 3 rings (SSSR count). The molecule has 0 aliphatic carbocycles. The molecule has 0 aliphatic heterocycles. The molecular formula is C18H17N5O2. The second-order valence-corrected chi connectivity index (χ2v) is 5.36. The first-order valence-corrected chi connectivity index (χ1v) is 7.76. The maximum Gasteiger partial charge on any atom is 0.278 e. The number of aromatic hydroxyl groups is 1. The molecule has 0 aliphatic rings. The fraction of sp³-hybridized carbons (Fsp3) is 0.111. The van der Waals surface area contributed by atoms with E-state index < -0.39 is 5.91 Å². The van der Waals surface area contributed by atoms with Crippen LogP contribution in [0.5, 0.6) is 5.75 Å². The van der Waals surface area contributed by atoms with E-state index in [0.717, 1.165) is 17.7 Å². The van der Waals surface area contributed by atoms with Gasteiger partial charge in [-0.3, -0.25) is 4.79 Å². The minimum atomic E-state index is -0.494. The average molecular weight is 335 g/mol. The smallest absolute Gasteiger partial charge is 0.278 e. The summed E-state index contributed by atoms with van der Waals surface area (Å²) in [7, 11) is 0. The number of rotatable bonds is 4. The highest BCUT2D eigenvalue weighted by molar-refractivity contribution is 6.04. The number of carbonyl (C=O) groups excluding carboxylic acids is 1. The summed E-state index contributed by atoms with van der Waals surface area (Å²) in [5, 5.41) is 12.4. The Hall–Kier alpha value is -3.48. The van der Waals surface area contributed by atoms with Crippen LogP contribution in [0.4, 0.5) is 11.6 Å². The minimum absolute atomic E-state index is 0.0348. The number of nitrogens with one attached hydrogen (secondary N) is 1. The van der Waals surface area contributed by atoms with Gasteiger partial charge in [0.15, 0.2) is 5.69 Å². The largest absolute Gasteiger partial charge is 0.505 e. The predicted molar refractivity (Wildman–Crippen MR) is 95.1 cm³/mol. The van der Waals surface area contributed by atoms with Gasteiger partial charge < -0.3 is 16.2 Å². The van der Waals surface area contributed by atoms with Crippen LogP contribution in [-0.2, 0) is 6.42 Å². The van der Waals surface area contributed by atoms with Crippen molar-refractivity contribution in [3.8, 4) is 17.0 Å². The van der Waals surface area contributed by atoms with Crippen molar-refractivity contribution in [2.24, 2.45) is 0 Å². The number of nitrogen functional groups attached to an aromatic ring is 1. The Kier molecular flexibility index (Phi) is 4.56. The van der Waals surface area contributed by atoms with Crippen LogP contribution in [0, 0.1) is 0 Å². The van der Waals surface area contributed by atoms with E-state index in [1.165, 1.54) is 12.3 Å². The van der Waals surface area contributed by atoms with Gasteiger partial charge in [-0.15, -0.1) is 0 Å².